The Kier molecular flexibility index (Phi) is 4.61. The predicted octanol–water partition coefficient (Wildman–Crippen LogP) is 5.01. The van der Waals surface area contributed by atoms with Gasteiger partial charge < -0.3 is 5.32 Å². The molecule has 1 aromatic heterocycles. The van der Waals surface area contributed by atoms with Gasteiger partial charge >= 0.3 is 0 Å². The van der Waals surface area contributed by atoms with Crippen molar-refractivity contribution >= 4 is 22.9 Å². The molecular formula is C15H17ClFNS. The summed E-state index contributed by atoms with van der Waals surface area (Å²) in [5, 5.41) is 3.89. The number of hydrogen-bond donors (Lipinski definition) is 1. The zero-order chi connectivity index (χ0) is 14.0. The second-order valence-corrected chi connectivity index (χ2v) is 6.47. The molecule has 1 N–H and O–H groups in total. The number of hydrogen-bond acceptors (Lipinski definition) is 2. The summed E-state index contributed by atoms with van der Waals surface area (Å²) in [5.41, 5.74) is 2.25. The highest BCUT2D eigenvalue weighted by Crippen LogP contribution is 2.25. The molecule has 2 aromatic rings. The third kappa shape index (κ3) is 3.56. The van der Waals surface area contributed by atoms with Crippen molar-refractivity contribution in [2.75, 3.05) is 0 Å². The summed E-state index contributed by atoms with van der Waals surface area (Å²) in [4.78, 5) is 2.66. The summed E-state index contributed by atoms with van der Waals surface area (Å²) in [6.45, 7) is 7.08. The van der Waals surface area contributed by atoms with E-state index in [0.29, 0.717) is 5.02 Å². The first kappa shape index (κ1) is 14.5. The van der Waals surface area contributed by atoms with E-state index < -0.39 is 0 Å². The molecule has 4 heteroatoms. The lowest BCUT2D eigenvalue weighted by molar-refractivity contribution is 0.575. The number of aryl methyl sites for hydroxylation is 2. The lowest BCUT2D eigenvalue weighted by Gasteiger charge is -2.15. The minimum absolute atomic E-state index is 0.0933. The van der Waals surface area contributed by atoms with Crippen LogP contribution in [-0.2, 0) is 6.54 Å². The van der Waals surface area contributed by atoms with Crippen molar-refractivity contribution in [2.45, 2.75) is 33.4 Å². The monoisotopic (exact) mass is 297 g/mol. The van der Waals surface area contributed by atoms with Gasteiger partial charge in [0.15, 0.2) is 0 Å². The van der Waals surface area contributed by atoms with Gasteiger partial charge in [0.05, 0.1) is 0 Å². The number of rotatable bonds is 4. The van der Waals surface area contributed by atoms with Gasteiger partial charge in [-0.1, -0.05) is 17.7 Å². The van der Waals surface area contributed by atoms with Gasteiger partial charge in [-0.2, -0.15) is 0 Å². The lowest BCUT2D eigenvalue weighted by atomic mass is 10.1. The molecule has 0 aliphatic heterocycles. The van der Waals surface area contributed by atoms with Crippen LogP contribution < -0.4 is 5.32 Å². The first-order chi connectivity index (χ1) is 8.97. The molecule has 0 fully saturated rings. The van der Waals surface area contributed by atoms with Gasteiger partial charge in [-0.25, -0.2) is 4.39 Å². The molecule has 1 aromatic carbocycles. The molecule has 0 saturated heterocycles. The minimum Gasteiger partial charge on any atom is -0.305 e. The van der Waals surface area contributed by atoms with Gasteiger partial charge in [-0.05, 0) is 50.1 Å². The largest absolute Gasteiger partial charge is 0.305 e. The Morgan fingerprint density at radius 2 is 2.05 bits per heavy atom. The average Bonchev–Trinajstić information content (AvgIpc) is 2.66. The smallest absolute Gasteiger partial charge is 0.124 e. The van der Waals surface area contributed by atoms with E-state index in [4.69, 9.17) is 11.6 Å². The van der Waals surface area contributed by atoms with Crippen LogP contribution in [0.4, 0.5) is 4.39 Å². The van der Waals surface area contributed by atoms with Crippen LogP contribution in [-0.4, -0.2) is 0 Å². The Hall–Kier alpha value is -0.900. The van der Waals surface area contributed by atoms with E-state index in [2.05, 4.69) is 25.2 Å². The highest BCUT2D eigenvalue weighted by molar-refractivity contribution is 7.12. The van der Waals surface area contributed by atoms with Crippen LogP contribution in [0, 0.1) is 19.7 Å². The first-order valence-electron chi connectivity index (χ1n) is 6.21. The molecule has 0 saturated carbocycles. The molecule has 1 heterocycles. The summed E-state index contributed by atoms with van der Waals surface area (Å²) >= 11 is 7.86. The molecule has 0 spiro atoms. The third-order valence-corrected chi connectivity index (χ3v) is 4.71. The van der Waals surface area contributed by atoms with Crippen LogP contribution in [0.2, 0.25) is 5.02 Å². The van der Waals surface area contributed by atoms with E-state index in [-0.39, 0.29) is 11.9 Å². The van der Waals surface area contributed by atoms with Gasteiger partial charge in [0.2, 0.25) is 0 Å². The van der Waals surface area contributed by atoms with Gasteiger partial charge in [-0.15, -0.1) is 11.3 Å². The molecule has 102 valence electrons. The van der Waals surface area contributed by atoms with Crippen molar-refractivity contribution < 1.29 is 4.39 Å². The Morgan fingerprint density at radius 1 is 1.32 bits per heavy atom. The maximum atomic E-state index is 13.0. The van der Waals surface area contributed by atoms with Crippen molar-refractivity contribution in [1.82, 2.24) is 5.32 Å². The molecule has 19 heavy (non-hydrogen) atoms. The van der Waals surface area contributed by atoms with Crippen LogP contribution in [0.3, 0.4) is 0 Å². The molecule has 0 aliphatic carbocycles. The second kappa shape index (κ2) is 6.04. The van der Waals surface area contributed by atoms with Crippen LogP contribution >= 0.6 is 22.9 Å². The quantitative estimate of drug-likeness (QED) is 0.836. The second-order valence-electron chi connectivity index (χ2n) is 4.72. The fourth-order valence-corrected chi connectivity index (χ4v) is 3.29. The first-order valence-corrected chi connectivity index (χ1v) is 7.41. The Bertz CT molecular complexity index is 560. The summed E-state index contributed by atoms with van der Waals surface area (Å²) in [5.74, 6) is -0.301. The van der Waals surface area contributed by atoms with Crippen LogP contribution in [0.1, 0.15) is 33.8 Å². The highest BCUT2D eigenvalue weighted by atomic mass is 35.5. The minimum atomic E-state index is -0.301. The normalized spacial score (nSPS) is 12.7. The van der Waals surface area contributed by atoms with E-state index >= 15 is 0 Å². The molecular weight excluding hydrogens is 281 g/mol. The fraction of sp³-hybridized carbons (Fsp3) is 0.333. The topological polar surface area (TPSA) is 12.0 Å². The van der Waals surface area contributed by atoms with E-state index in [0.717, 1.165) is 12.1 Å². The van der Waals surface area contributed by atoms with Crippen molar-refractivity contribution in [2.24, 2.45) is 0 Å². The van der Waals surface area contributed by atoms with E-state index in [1.54, 1.807) is 17.4 Å². The maximum absolute atomic E-state index is 13.0. The molecule has 1 unspecified atom stereocenters. The lowest BCUT2D eigenvalue weighted by Crippen LogP contribution is -2.17. The zero-order valence-electron chi connectivity index (χ0n) is 11.3. The zero-order valence-corrected chi connectivity index (χ0v) is 12.8. The molecule has 2 rings (SSSR count). The van der Waals surface area contributed by atoms with Crippen LogP contribution in [0.5, 0.6) is 0 Å². The van der Waals surface area contributed by atoms with Crippen LogP contribution in [0.15, 0.2) is 24.3 Å². The van der Waals surface area contributed by atoms with Crippen molar-refractivity contribution in [3.63, 3.8) is 0 Å². The summed E-state index contributed by atoms with van der Waals surface area (Å²) in [6.07, 6.45) is 0. The molecule has 0 radical (unpaired) electrons. The van der Waals surface area contributed by atoms with E-state index in [9.17, 15) is 4.39 Å². The number of thiophene rings is 1. The maximum Gasteiger partial charge on any atom is 0.124 e. The predicted molar refractivity (Wildman–Crippen MR) is 80.5 cm³/mol. The summed E-state index contributed by atoms with van der Waals surface area (Å²) in [6, 6.07) is 6.83. The highest BCUT2D eigenvalue weighted by Gasteiger charge is 2.10. The Balaban J connectivity index is 2.03. The number of halogens is 2. The average molecular weight is 298 g/mol. The van der Waals surface area contributed by atoms with Gasteiger partial charge in [0.1, 0.15) is 5.82 Å². The third-order valence-electron chi connectivity index (χ3n) is 3.23. The van der Waals surface area contributed by atoms with Gasteiger partial charge in [0.25, 0.3) is 0 Å². The summed E-state index contributed by atoms with van der Waals surface area (Å²) < 4.78 is 13.0. The molecule has 0 bridgehead atoms. The molecule has 0 amide bonds. The standard InChI is InChI=1S/C15H17ClFNS/c1-9-6-13(19-11(9)3)8-18-10(2)14-5-4-12(17)7-15(14)16/h4-7,10,18H,8H2,1-3H3. The molecule has 1 atom stereocenters. The van der Waals surface area contributed by atoms with Crippen molar-refractivity contribution in [1.29, 1.82) is 0 Å². The SMILES string of the molecule is Cc1cc(CNC(C)c2ccc(F)cc2Cl)sc1C. The van der Waals surface area contributed by atoms with Crippen molar-refractivity contribution in [3.8, 4) is 0 Å². The molecule has 1 nitrogen and oxygen atoms in total. The van der Waals surface area contributed by atoms with E-state index in [1.165, 1.54) is 27.5 Å². The molecule has 0 aliphatic rings. The van der Waals surface area contributed by atoms with Crippen LogP contribution in [0.25, 0.3) is 0 Å². The van der Waals surface area contributed by atoms with E-state index in [1.807, 2.05) is 6.92 Å². The number of benzene rings is 1. The van der Waals surface area contributed by atoms with Gasteiger partial charge in [0, 0.05) is 27.4 Å². The summed E-state index contributed by atoms with van der Waals surface area (Å²) in [7, 11) is 0. The number of nitrogens with one attached hydrogen (secondary N) is 1. The van der Waals surface area contributed by atoms with Crippen molar-refractivity contribution in [3.05, 3.63) is 56.0 Å². The Labute approximate surface area is 122 Å². The van der Waals surface area contributed by atoms with Gasteiger partial charge in [-0.3, -0.25) is 0 Å². The fourth-order valence-electron chi connectivity index (χ4n) is 1.95. The Morgan fingerprint density at radius 3 is 2.63 bits per heavy atom.